The first-order chi connectivity index (χ1) is 19.0. The number of carboxylic acid groups (broad SMARTS) is 1. The number of hydrogen-bond acceptors (Lipinski definition) is 5. The van der Waals surface area contributed by atoms with E-state index in [0.29, 0.717) is 29.8 Å². The van der Waals surface area contributed by atoms with Crippen molar-refractivity contribution in [3.8, 4) is 11.1 Å². The van der Waals surface area contributed by atoms with Crippen LogP contribution in [0.15, 0.2) is 72.8 Å². The van der Waals surface area contributed by atoms with Crippen molar-refractivity contribution in [2.75, 3.05) is 13.1 Å². The van der Waals surface area contributed by atoms with Crippen molar-refractivity contribution in [3.63, 3.8) is 0 Å². The molecule has 0 aromatic heterocycles. The summed E-state index contributed by atoms with van der Waals surface area (Å²) in [4.78, 5) is 35.7. The van der Waals surface area contributed by atoms with Gasteiger partial charge in [0, 0.05) is 49.4 Å². The Labute approximate surface area is 230 Å². The van der Waals surface area contributed by atoms with Crippen molar-refractivity contribution < 1.29 is 32.7 Å². The molecule has 210 valence electrons. The van der Waals surface area contributed by atoms with E-state index < -0.39 is 12.1 Å². The molecule has 1 amide bonds. The van der Waals surface area contributed by atoms with E-state index in [0.717, 1.165) is 30.8 Å². The average Bonchev–Trinajstić information content (AvgIpc) is 3.55. The maximum Gasteiger partial charge on any atom is 0.490 e. The first-order valence-corrected chi connectivity index (χ1v) is 12.8. The number of fused-ring (bicyclic) bond motifs is 2. The van der Waals surface area contributed by atoms with Gasteiger partial charge >= 0.3 is 12.1 Å². The van der Waals surface area contributed by atoms with Crippen LogP contribution in [0.1, 0.15) is 45.2 Å². The van der Waals surface area contributed by atoms with Gasteiger partial charge in [-0.2, -0.15) is 13.2 Å². The van der Waals surface area contributed by atoms with Gasteiger partial charge in [-0.25, -0.2) is 4.79 Å². The number of Topliss-reactive ketones (excluding diaryl/α,β-unsaturated/α-hetero) is 1. The monoisotopic (exact) mass is 553 g/mol. The summed E-state index contributed by atoms with van der Waals surface area (Å²) in [6.45, 7) is 5.17. The van der Waals surface area contributed by atoms with Crippen LogP contribution in [0.4, 0.5) is 13.2 Å². The van der Waals surface area contributed by atoms with Gasteiger partial charge in [0.2, 0.25) is 0 Å². The van der Waals surface area contributed by atoms with Crippen molar-refractivity contribution >= 4 is 17.7 Å². The van der Waals surface area contributed by atoms with Gasteiger partial charge in [-0.3, -0.25) is 14.5 Å². The molecule has 40 heavy (non-hydrogen) atoms. The second-order valence-corrected chi connectivity index (χ2v) is 9.95. The lowest BCUT2D eigenvalue weighted by Gasteiger charge is -2.27. The first-order valence-electron chi connectivity index (χ1n) is 12.8. The molecule has 2 aliphatic rings. The van der Waals surface area contributed by atoms with Gasteiger partial charge in [0.25, 0.3) is 5.91 Å². The lowest BCUT2D eigenvalue weighted by molar-refractivity contribution is -0.192. The van der Waals surface area contributed by atoms with Crippen LogP contribution in [0.25, 0.3) is 11.1 Å². The van der Waals surface area contributed by atoms with Crippen LogP contribution < -0.4 is 10.6 Å². The Morgan fingerprint density at radius 3 is 2.12 bits per heavy atom. The third-order valence-electron chi connectivity index (χ3n) is 6.97. The van der Waals surface area contributed by atoms with Gasteiger partial charge < -0.3 is 15.7 Å². The number of likely N-dealkylation sites (tertiary alicyclic amines) is 1. The second-order valence-electron chi connectivity index (χ2n) is 9.95. The summed E-state index contributed by atoms with van der Waals surface area (Å²) in [5, 5.41) is 13.7. The Morgan fingerprint density at radius 2 is 1.55 bits per heavy atom. The third kappa shape index (κ3) is 7.55. The van der Waals surface area contributed by atoms with E-state index in [4.69, 9.17) is 9.90 Å². The highest BCUT2D eigenvalue weighted by Gasteiger charge is 2.38. The molecule has 10 heteroatoms. The fraction of sp³-hybridized carbons (Fsp3) is 0.300. The number of halogens is 3. The van der Waals surface area contributed by atoms with Crippen LogP contribution in [0.2, 0.25) is 0 Å². The highest BCUT2D eigenvalue weighted by molar-refractivity contribution is 5.99. The molecule has 0 aliphatic carbocycles. The molecule has 2 atom stereocenters. The highest BCUT2D eigenvalue weighted by Crippen LogP contribution is 2.27. The Bertz CT molecular complexity index is 1390. The number of piperazine rings is 1. The minimum Gasteiger partial charge on any atom is -0.475 e. The van der Waals surface area contributed by atoms with Gasteiger partial charge in [-0.05, 0) is 59.9 Å². The summed E-state index contributed by atoms with van der Waals surface area (Å²) < 4.78 is 31.7. The molecule has 3 aromatic rings. The number of carbonyl (C=O) groups is 3. The van der Waals surface area contributed by atoms with Crippen LogP contribution in [0, 0.1) is 0 Å². The zero-order chi connectivity index (χ0) is 28.9. The van der Waals surface area contributed by atoms with E-state index in [1.807, 2.05) is 12.1 Å². The minimum atomic E-state index is -5.08. The van der Waals surface area contributed by atoms with Crippen molar-refractivity contribution in [1.29, 1.82) is 0 Å². The summed E-state index contributed by atoms with van der Waals surface area (Å²) in [5.74, 6) is -2.99. The average molecular weight is 554 g/mol. The summed E-state index contributed by atoms with van der Waals surface area (Å²) in [6, 6.07) is 25.2. The number of hydrogen-bond donors (Lipinski definition) is 3. The topological polar surface area (TPSA) is 98.7 Å². The lowest BCUT2D eigenvalue weighted by Crippen LogP contribution is -2.42. The molecular weight excluding hydrogens is 523 g/mol. The lowest BCUT2D eigenvalue weighted by atomic mass is 10.0. The van der Waals surface area contributed by atoms with Gasteiger partial charge in [0.15, 0.2) is 5.78 Å². The SMILES string of the molecule is CC(=O)c1cccc(C(=O)NCc2cccc(-c3cccc(CN4C[C@@H]5C[C@H]4CN5)c3)c2)c1.O=C(O)C(F)(F)F. The van der Waals surface area contributed by atoms with E-state index >= 15 is 0 Å². The van der Waals surface area contributed by atoms with Crippen LogP contribution in [0.5, 0.6) is 0 Å². The number of alkyl halides is 3. The largest absolute Gasteiger partial charge is 0.490 e. The van der Waals surface area contributed by atoms with Gasteiger partial charge in [-0.15, -0.1) is 0 Å². The summed E-state index contributed by atoms with van der Waals surface area (Å²) in [6.07, 6.45) is -3.81. The van der Waals surface area contributed by atoms with Crippen LogP contribution in [-0.4, -0.2) is 59.0 Å². The van der Waals surface area contributed by atoms with Gasteiger partial charge in [-0.1, -0.05) is 48.5 Å². The molecule has 0 saturated carbocycles. The van der Waals surface area contributed by atoms with E-state index in [2.05, 4.69) is 51.9 Å². The second kappa shape index (κ2) is 12.4. The molecule has 3 aromatic carbocycles. The molecule has 0 unspecified atom stereocenters. The number of ketones is 1. The standard InChI is InChI=1S/C28H29N3O2.C2HF3O2/c1-19(32)22-7-4-10-25(13-22)28(33)30-15-20-5-2-8-23(11-20)24-9-3-6-21(12-24)17-31-18-26-14-27(31)16-29-26;3-2(4,5)1(6)7/h2-13,26-27,29H,14-18H2,1H3,(H,30,33);(H,6,7)/t26-,27-;/m0./s1. The fourth-order valence-electron chi connectivity index (χ4n) is 4.95. The van der Waals surface area contributed by atoms with E-state index in [-0.39, 0.29) is 11.7 Å². The van der Waals surface area contributed by atoms with Gasteiger partial charge in [0.05, 0.1) is 0 Å². The van der Waals surface area contributed by atoms with Crippen molar-refractivity contribution in [1.82, 2.24) is 15.5 Å². The van der Waals surface area contributed by atoms with Crippen molar-refractivity contribution in [2.24, 2.45) is 0 Å². The fourth-order valence-corrected chi connectivity index (χ4v) is 4.95. The summed E-state index contributed by atoms with van der Waals surface area (Å²) >= 11 is 0. The number of carboxylic acids is 1. The molecule has 2 aliphatic heterocycles. The predicted octanol–water partition coefficient (Wildman–Crippen LogP) is 4.67. The Hall–Kier alpha value is -4.02. The number of nitrogens with zero attached hydrogens (tertiary/aromatic N) is 1. The van der Waals surface area contributed by atoms with Crippen LogP contribution in [-0.2, 0) is 17.9 Å². The zero-order valence-corrected chi connectivity index (χ0v) is 21.9. The normalized spacial score (nSPS) is 18.1. The quantitative estimate of drug-likeness (QED) is 0.368. The third-order valence-corrected chi connectivity index (χ3v) is 6.97. The Morgan fingerprint density at radius 1 is 0.950 bits per heavy atom. The molecule has 2 bridgehead atoms. The molecule has 2 fully saturated rings. The first kappa shape index (κ1) is 29.0. The highest BCUT2D eigenvalue weighted by atomic mass is 19.4. The molecule has 0 spiro atoms. The molecule has 5 rings (SSSR count). The smallest absolute Gasteiger partial charge is 0.475 e. The maximum atomic E-state index is 12.6. The van der Waals surface area contributed by atoms with Crippen molar-refractivity contribution in [3.05, 3.63) is 95.1 Å². The number of carbonyl (C=O) groups excluding carboxylic acids is 2. The van der Waals surface area contributed by atoms with E-state index in [9.17, 15) is 22.8 Å². The van der Waals surface area contributed by atoms with Crippen molar-refractivity contribution in [2.45, 2.75) is 44.7 Å². The van der Waals surface area contributed by atoms with E-state index in [1.54, 1.807) is 24.3 Å². The minimum absolute atomic E-state index is 0.0477. The van der Waals surface area contributed by atoms with Crippen LogP contribution in [0.3, 0.4) is 0 Å². The number of rotatable bonds is 7. The molecule has 0 radical (unpaired) electrons. The molecule has 7 nitrogen and oxygen atoms in total. The Kier molecular flexibility index (Phi) is 9.01. The number of nitrogens with one attached hydrogen (secondary N) is 2. The summed E-state index contributed by atoms with van der Waals surface area (Å²) in [7, 11) is 0. The maximum absolute atomic E-state index is 12.6. The van der Waals surface area contributed by atoms with Gasteiger partial charge in [0.1, 0.15) is 0 Å². The zero-order valence-electron chi connectivity index (χ0n) is 21.9. The van der Waals surface area contributed by atoms with Crippen LogP contribution >= 0.6 is 0 Å². The molecule has 3 N–H and O–H groups in total. The molecular formula is C30H30F3N3O4. The number of aliphatic carboxylic acids is 1. The summed E-state index contributed by atoms with van der Waals surface area (Å²) in [5.41, 5.74) is 5.75. The predicted molar refractivity (Wildman–Crippen MR) is 144 cm³/mol. The number of benzene rings is 3. The molecule has 2 heterocycles. The van der Waals surface area contributed by atoms with E-state index in [1.165, 1.54) is 24.5 Å². The number of amides is 1. The molecule has 2 saturated heterocycles. The Balaban J connectivity index is 0.000000470.